The van der Waals surface area contributed by atoms with Crippen LogP contribution in [0.15, 0.2) is 29.3 Å². The first-order valence-electron chi connectivity index (χ1n) is 5.24. The van der Waals surface area contributed by atoms with Crippen molar-refractivity contribution in [1.29, 1.82) is 0 Å². The summed E-state index contributed by atoms with van der Waals surface area (Å²) < 4.78 is 20.8. The van der Waals surface area contributed by atoms with Crippen molar-refractivity contribution in [2.75, 3.05) is 6.61 Å². The molecule has 5 nitrogen and oxygen atoms in total. The highest BCUT2D eigenvalue weighted by atomic mass is 35.5. The molecule has 0 aliphatic rings. The maximum atomic E-state index is 12.8. The van der Waals surface area contributed by atoms with Crippen LogP contribution in [0, 0.1) is 5.82 Å². The molecule has 0 fully saturated rings. The van der Waals surface area contributed by atoms with Gasteiger partial charge in [0.15, 0.2) is 0 Å². The third-order valence-corrected chi connectivity index (χ3v) is 2.64. The molecule has 0 radical (unpaired) electrons. The van der Waals surface area contributed by atoms with Crippen molar-refractivity contribution in [3.05, 3.63) is 45.9 Å². The summed E-state index contributed by atoms with van der Waals surface area (Å²) in [5, 5.41) is 4.07. The lowest BCUT2D eigenvalue weighted by molar-refractivity contribution is 0.288. The summed E-state index contributed by atoms with van der Waals surface area (Å²) in [7, 11) is 1.61. The van der Waals surface area contributed by atoms with Gasteiger partial charge < -0.3 is 4.74 Å². The van der Waals surface area contributed by atoms with E-state index in [0.29, 0.717) is 12.3 Å². The van der Waals surface area contributed by atoms with E-state index in [4.69, 9.17) is 16.3 Å². The number of aryl methyl sites for hydroxylation is 1. The third kappa shape index (κ3) is 2.70. The second kappa shape index (κ2) is 5.22. The molecule has 0 bridgehead atoms. The van der Waals surface area contributed by atoms with Crippen LogP contribution < -0.4 is 10.4 Å². The molecule has 0 unspecified atom stereocenters. The highest BCUT2D eigenvalue weighted by molar-refractivity contribution is 6.32. The fourth-order valence-electron chi connectivity index (χ4n) is 1.41. The zero-order chi connectivity index (χ0) is 13.1. The Morgan fingerprint density at radius 2 is 2.28 bits per heavy atom. The minimum atomic E-state index is -0.423. The first-order valence-corrected chi connectivity index (χ1v) is 5.62. The Morgan fingerprint density at radius 3 is 2.89 bits per heavy atom. The van der Waals surface area contributed by atoms with Crippen molar-refractivity contribution in [3.63, 3.8) is 0 Å². The molecule has 18 heavy (non-hydrogen) atoms. The molecule has 7 heteroatoms. The lowest BCUT2D eigenvalue weighted by Crippen LogP contribution is -2.25. The van der Waals surface area contributed by atoms with Gasteiger partial charge in [-0.05, 0) is 18.2 Å². The summed E-state index contributed by atoms with van der Waals surface area (Å²) in [6, 6.07) is 3.87. The molecule has 0 atom stereocenters. The summed E-state index contributed by atoms with van der Waals surface area (Å²) in [6.45, 7) is 0.523. The molecule has 96 valence electrons. The summed E-state index contributed by atoms with van der Waals surface area (Å²) >= 11 is 5.79. The lowest BCUT2D eigenvalue weighted by Gasteiger charge is -2.07. The van der Waals surface area contributed by atoms with Crippen molar-refractivity contribution in [2.45, 2.75) is 6.54 Å². The first-order chi connectivity index (χ1) is 8.58. The van der Waals surface area contributed by atoms with E-state index in [1.54, 1.807) is 7.05 Å². The van der Waals surface area contributed by atoms with E-state index in [9.17, 15) is 9.18 Å². The minimum absolute atomic E-state index is 0.198. The minimum Gasteiger partial charge on any atom is -0.490 e. The van der Waals surface area contributed by atoms with Gasteiger partial charge in [0.25, 0.3) is 0 Å². The fourth-order valence-corrected chi connectivity index (χ4v) is 1.63. The van der Waals surface area contributed by atoms with E-state index in [0.717, 1.165) is 0 Å². The number of aromatic nitrogens is 3. The zero-order valence-electron chi connectivity index (χ0n) is 9.64. The van der Waals surface area contributed by atoms with E-state index in [-0.39, 0.29) is 17.3 Å². The van der Waals surface area contributed by atoms with Gasteiger partial charge in [-0.3, -0.25) is 4.57 Å². The summed E-state index contributed by atoms with van der Waals surface area (Å²) in [5.74, 6) is -0.0460. The summed E-state index contributed by atoms with van der Waals surface area (Å²) in [4.78, 5) is 11.5. The summed E-state index contributed by atoms with van der Waals surface area (Å²) in [5.41, 5.74) is -0.219. The van der Waals surface area contributed by atoms with E-state index < -0.39 is 5.82 Å². The predicted octanol–water partition coefficient (Wildman–Crippen LogP) is 1.45. The van der Waals surface area contributed by atoms with Crippen LogP contribution in [0.1, 0.15) is 0 Å². The number of ether oxygens (including phenoxy) is 1. The fraction of sp³-hybridized carbons (Fsp3) is 0.273. The predicted molar refractivity (Wildman–Crippen MR) is 64.4 cm³/mol. The highest BCUT2D eigenvalue weighted by Gasteiger charge is 2.05. The van der Waals surface area contributed by atoms with Gasteiger partial charge in [-0.25, -0.2) is 13.9 Å². The van der Waals surface area contributed by atoms with E-state index in [1.165, 1.54) is 33.8 Å². The van der Waals surface area contributed by atoms with Gasteiger partial charge in [-0.15, -0.1) is 0 Å². The van der Waals surface area contributed by atoms with Crippen LogP contribution in [0.2, 0.25) is 5.02 Å². The quantitative estimate of drug-likeness (QED) is 0.846. The molecule has 0 N–H and O–H groups in total. The normalized spacial score (nSPS) is 10.6. The van der Waals surface area contributed by atoms with E-state index in [2.05, 4.69) is 5.10 Å². The van der Waals surface area contributed by atoms with Crippen molar-refractivity contribution < 1.29 is 9.13 Å². The summed E-state index contributed by atoms with van der Waals surface area (Å²) in [6.07, 6.45) is 1.42. The molecule has 0 aliphatic carbocycles. The third-order valence-electron chi connectivity index (χ3n) is 2.34. The molecule has 0 amide bonds. The first kappa shape index (κ1) is 12.6. The molecule has 1 aromatic heterocycles. The van der Waals surface area contributed by atoms with Crippen molar-refractivity contribution in [1.82, 2.24) is 14.3 Å². The van der Waals surface area contributed by atoms with Gasteiger partial charge in [0.2, 0.25) is 0 Å². The molecular weight excluding hydrogens is 261 g/mol. The largest absolute Gasteiger partial charge is 0.490 e. The Morgan fingerprint density at radius 1 is 1.50 bits per heavy atom. The molecular formula is C11H11ClFN3O2. The second-order valence-electron chi connectivity index (χ2n) is 3.67. The number of benzene rings is 1. The van der Waals surface area contributed by atoms with Crippen LogP contribution in [0.25, 0.3) is 0 Å². The average molecular weight is 272 g/mol. The van der Waals surface area contributed by atoms with Gasteiger partial charge in [-0.2, -0.15) is 5.10 Å². The monoisotopic (exact) mass is 271 g/mol. The van der Waals surface area contributed by atoms with Crippen LogP contribution in [-0.4, -0.2) is 21.0 Å². The van der Waals surface area contributed by atoms with Crippen molar-refractivity contribution in [2.24, 2.45) is 7.05 Å². The Kier molecular flexibility index (Phi) is 3.66. The van der Waals surface area contributed by atoms with Crippen LogP contribution >= 0.6 is 11.6 Å². The van der Waals surface area contributed by atoms with Crippen molar-refractivity contribution >= 4 is 11.6 Å². The standard InChI is InChI=1S/C11H11ClFN3O2/c1-15-7-14-16(11(15)17)4-5-18-10-3-2-8(13)6-9(10)12/h2-3,6-7H,4-5H2,1H3. The molecule has 0 spiro atoms. The number of hydrogen-bond acceptors (Lipinski definition) is 3. The Bertz CT molecular complexity index is 609. The molecule has 2 aromatic rings. The van der Waals surface area contributed by atoms with Crippen molar-refractivity contribution in [3.8, 4) is 5.75 Å². The SMILES string of the molecule is Cn1cnn(CCOc2ccc(F)cc2Cl)c1=O. The number of halogens is 2. The van der Waals surface area contributed by atoms with E-state index in [1.807, 2.05) is 0 Å². The molecule has 1 aromatic carbocycles. The zero-order valence-corrected chi connectivity index (χ0v) is 10.4. The Labute approximate surface area is 107 Å². The van der Waals surface area contributed by atoms with Crippen LogP contribution in [-0.2, 0) is 13.6 Å². The maximum absolute atomic E-state index is 12.8. The molecule has 0 saturated heterocycles. The molecule has 0 saturated carbocycles. The average Bonchev–Trinajstić information content (AvgIpc) is 2.64. The lowest BCUT2D eigenvalue weighted by atomic mass is 10.3. The van der Waals surface area contributed by atoms with Crippen LogP contribution in [0.4, 0.5) is 4.39 Å². The molecule has 0 aliphatic heterocycles. The smallest absolute Gasteiger partial charge is 0.345 e. The molecule has 1 heterocycles. The second-order valence-corrected chi connectivity index (χ2v) is 4.08. The van der Waals surface area contributed by atoms with Gasteiger partial charge in [0.05, 0.1) is 11.6 Å². The van der Waals surface area contributed by atoms with E-state index >= 15 is 0 Å². The van der Waals surface area contributed by atoms with Gasteiger partial charge in [0, 0.05) is 7.05 Å². The maximum Gasteiger partial charge on any atom is 0.345 e. The molecule has 2 rings (SSSR count). The Balaban J connectivity index is 1.96. The van der Waals surface area contributed by atoms with Crippen LogP contribution in [0.5, 0.6) is 5.75 Å². The number of hydrogen-bond donors (Lipinski definition) is 0. The Hall–Kier alpha value is -1.82. The van der Waals surface area contributed by atoms with Gasteiger partial charge in [0.1, 0.15) is 24.5 Å². The van der Waals surface area contributed by atoms with Gasteiger partial charge in [-0.1, -0.05) is 11.6 Å². The highest BCUT2D eigenvalue weighted by Crippen LogP contribution is 2.24. The van der Waals surface area contributed by atoms with Crippen LogP contribution in [0.3, 0.4) is 0 Å². The topological polar surface area (TPSA) is 49.0 Å². The number of rotatable bonds is 4. The number of nitrogens with zero attached hydrogens (tertiary/aromatic N) is 3. The van der Waals surface area contributed by atoms with Gasteiger partial charge >= 0.3 is 5.69 Å².